The molecule has 0 N–H and O–H groups in total. The van der Waals surface area contributed by atoms with Gasteiger partial charge in [0.25, 0.3) is 5.91 Å². The fourth-order valence-electron chi connectivity index (χ4n) is 2.73. The van der Waals surface area contributed by atoms with Gasteiger partial charge in [0.05, 0.1) is 11.8 Å². The van der Waals surface area contributed by atoms with E-state index in [-0.39, 0.29) is 17.6 Å². The van der Waals surface area contributed by atoms with Crippen molar-refractivity contribution in [3.8, 4) is 0 Å². The summed E-state index contributed by atoms with van der Waals surface area (Å²) in [4.78, 5) is 30.6. The molecule has 6 heteroatoms. The molecule has 3 rings (SSSR count). The number of rotatable bonds is 3. The lowest BCUT2D eigenvalue weighted by Gasteiger charge is -2.31. The van der Waals surface area contributed by atoms with Gasteiger partial charge in [0.1, 0.15) is 6.26 Å². The minimum absolute atomic E-state index is 0.00666. The van der Waals surface area contributed by atoms with E-state index in [0.717, 1.165) is 12.8 Å². The van der Waals surface area contributed by atoms with Crippen LogP contribution in [0.4, 0.5) is 0 Å². The molecule has 1 atom stereocenters. The Kier molecular flexibility index (Phi) is 3.60. The van der Waals surface area contributed by atoms with Gasteiger partial charge in [0.2, 0.25) is 5.78 Å². The summed E-state index contributed by atoms with van der Waals surface area (Å²) in [6.07, 6.45) is 7.90. The van der Waals surface area contributed by atoms with Crippen LogP contribution in [-0.2, 0) is 7.05 Å². The number of carbonyl (C=O) groups is 2. The first-order chi connectivity index (χ1) is 10.2. The smallest absolute Gasteiger partial charge is 0.257 e. The van der Waals surface area contributed by atoms with Gasteiger partial charge in [0, 0.05) is 38.4 Å². The van der Waals surface area contributed by atoms with Crippen molar-refractivity contribution in [3.05, 3.63) is 42.4 Å². The molecule has 1 saturated heterocycles. The van der Waals surface area contributed by atoms with Crippen molar-refractivity contribution in [2.24, 2.45) is 13.0 Å². The van der Waals surface area contributed by atoms with Crippen molar-refractivity contribution in [2.45, 2.75) is 12.8 Å². The molecule has 1 aliphatic heterocycles. The lowest BCUT2D eigenvalue weighted by Crippen LogP contribution is -2.42. The van der Waals surface area contributed by atoms with E-state index < -0.39 is 0 Å². The Morgan fingerprint density at radius 3 is 2.95 bits per heavy atom. The average molecular weight is 287 g/mol. The van der Waals surface area contributed by atoms with Crippen molar-refractivity contribution < 1.29 is 14.0 Å². The normalized spacial score (nSPS) is 18.7. The quantitative estimate of drug-likeness (QED) is 0.806. The lowest BCUT2D eigenvalue weighted by atomic mass is 9.93. The molecule has 0 spiro atoms. The van der Waals surface area contributed by atoms with Gasteiger partial charge in [-0.25, -0.2) is 4.98 Å². The first-order valence-electron chi connectivity index (χ1n) is 7.00. The first-order valence-corrected chi connectivity index (χ1v) is 7.00. The second kappa shape index (κ2) is 5.55. The summed E-state index contributed by atoms with van der Waals surface area (Å²) in [6, 6.07) is 1.65. The molecular weight excluding hydrogens is 270 g/mol. The van der Waals surface area contributed by atoms with Gasteiger partial charge in [-0.1, -0.05) is 0 Å². The Bertz CT molecular complexity index is 645. The number of aromatic nitrogens is 2. The minimum atomic E-state index is -0.185. The lowest BCUT2D eigenvalue weighted by molar-refractivity contribution is 0.0632. The summed E-state index contributed by atoms with van der Waals surface area (Å²) in [5.41, 5.74) is 0.528. The highest BCUT2D eigenvalue weighted by Crippen LogP contribution is 2.22. The van der Waals surface area contributed by atoms with Gasteiger partial charge in [-0.15, -0.1) is 0 Å². The predicted octanol–water partition coefficient (Wildman–Crippen LogP) is 1.75. The van der Waals surface area contributed by atoms with Crippen LogP contribution in [0.3, 0.4) is 0 Å². The number of Topliss-reactive ketones (excluding diaryl/α,β-unsaturated/α-hetero) is 1. The number of imidazole rings is 1. The van der Waals surface area contributed by atoms with E-state index >= 15 is 0 Å². The molecule has 0 aromatic carbocycles. The van der Waals surface area contributed by atoms with Crippen molar-refractivity contribution in [2.75, 3.05) is 13.1 Å². The maximum absolute atomic E-state index is 12.5. The second-order valence-electron chi connectivity index (χ2n) is 5.33. The molecule has 3 heterocycles. The third-order valence-electron chi connectivity index (χ3n) is 3.89. The molecule has 0 saturated carbocycles. The highest BCUT2D eigenvalue weighted by Gasteiger charge is 2.31. The molecule has 2 aromatic rings. The molecule has 110 valence electrons. The van der Waals surface area contributed by atoms with Crippen molar-refractivity contribution in [1.29, 1.82) is 0 Å². The minimum Gasteiger partial charge on any atom is -0.472 e. The predicted molar refractivity (Wildman–Crippen MR) is 74.9 cm³/mol. The summed E-state index contributed by atoms with van der Waals surface area (Å²) in [5, 5.41) is 0. The number of hydrogen-bond acceptors (Lipinski definition) is 4. The number of likely N-dealkylation sites (tertiary alicyclic amines) is 1. The van der Waals surface area contributed by atoms with Crippen LogP contribution in [0.1, 0.15) is 33.8 Å². The number of amides is 1. The topological polar surface area (TPSA) is 68.3 Å². The van der Waals surface area contributed by atoms with Crippen LogP contribution >= 0.6 is 0 Å². The monoisotopic (exact) mass is 287 g/mol. The molecule has 1 fully saturated rings. The van der Waals surface area contributed by atoms with Gasteiger partial charge >= 0.3 is 0 Å². The number of nitrogens with zero attached hydrogens (tertiary/aromatic N) is 3. The van der Waals surface area contributed by atoms with E-state index in [1.54, 1.807) is 35.0 Å². The van der Waals surface area contributed by atoms with Gasteiger partial charge < -0.3 is 13.9 Å². The van der Waals surface area contributed by atoms with Crippen LogP contribution in [0.5, 0.6) is 0 Å². The largest absolute Gasteiger partial charge is 0.472 e. The summed E-state index contributed by atoms with van der Waals surface area (Å²) in [7, 11) is 1.80. The molecule has 0 unspecified atom stereocenters. The zero-order valence-corrected chi connectivity index (χ0v) is 11.9. The van der Waals surface area contributed by atoms with Crippen molar-refractivity contribution in [1.82, 2.24) is 14.5 Å². The molecule has 0 bridgehead atoms. The Hall–Kier alpha value is -2.37. The molecule has 0 radical (unpaired) electrons. The van der Waals surface area contributed by atoms with Crippen LogP contribution in [-0.4, -0.2) is 39.2 Å². The highest BCUT2D eigenvalue weighted by molar-refractivity contribution is 5.97. The van der Waals surface area contributed by atoms with E-state index in [0.29, 0.717) is 24.5 Å². The average Bonchev–Trinajstić information content (AvgIpc) is 3.17. The fourth-order valence-corrected chi connectivity index (χ4v) is 2.73. The Morgan fingerprint density at radius 1 is 1.43 bits per heavy atom. The van der Waals surface area contributed by atoms with Gasteiger partial charge in [-0.05, 0) is 18.9 Å². The standard InChI is InChI=1S/C15H17N3O3/c1-17-7-5-16-14(17)13(19)11-3-2-6-18(9-11)15(20)12-4-8-21-10-12/h4-5,7-8,10-11H,2-3,6,9H2,1H3/t11-/m1/s1. The molecule has 0 aliphatic carbocycles. The summed E-state index contributed by atoms with van der Waals surface area (Å²) < 4.78 is 6.67. The van der Waals surface area contributed by atoms with Crippen molar-refractivity contribution >= 4 is 11.7 Å². The fraction of sp³-hybridized carbons (Fsp3) is 0.400. The number of carbonyl (C=O) groups excluding carboxylic acids is 2. The van der Waals surface area contributed by atoms with E-state index in [1.807, 2.05) is 0 Å². The molecule has 1 aliphatic rings. The Balaban J connectivity index is 1.73. The zero-order chi connectivity index (χ0) is 14.8. The Morgan fingerprint density at radius 2 is 2.29 bits per heavy atom. The van der Waals surface area contributed by atoms with Crippen LogP contribution in [0, 0.1) is 5.92 Å². The molecule has 1 amide bonds. The summed E-state index contributed by atoms with van der Waals surface area (Å²) in [6.45, 7) is 1.12. The van der Waals surface area contributed by atoms with Crippen LogP contribution in [0.25, 0.3) is 0 Å². The molecule has 21 heavy (non-hydrogen) atoms. The van der Waals surface area contributed by atoms with E-state index in [1.165, 1.54) is 12.5 Å². The van der Waals surface area contributed by atoms with Crippen molar-refractivity contribution in [3.63, 3.8) is 0 Å². The maximum atomic E-state index is 12.5. The maximum Gasteiger partial charge on any atom is 0.257 e. The van der Waals surface area contributed by atoms with Gasteiger partial charge in [-0.2, -0.15) is 0 Å². The van der Waals surface area contributed by atoms with E-state index in [9.17, 15) is 9.59 Å². The molecule has 6 nitrogen and oxygen atoms in total. The molecular formula is C15H17N3O3. The molecule has 2 aromatic heterocycles. The zero-order valence-electron chi connectivity index (χ0n) is 11.9. The van der Waals surface area contributed by atoms with Gasteiger partial charge in [0.15, 0.2) is 5.82 Å². The van der Waals surface area contributed by atoms with Crippen LogP contribution in [0.15, 0.2) is 35.4 Å². The first kappa shape index (κ1) is 13.6. The number of aryl methyl sites for hydroxylation is 1. The SMILES string of the molecule is Cn1ccnc1C(=O)[C@@H]1CCCN(C(=O)c2ccoc2)C1. The number of piperidine rings is 1. The Labute approximate surface area is 122 Å². The summed E-state index contributed by atoms with van der Waals surface area (Å²) in [5.74, 6) is 0.196. The van der Waals surface area contributed by atoms with E-state index in [2.05, 4.69) is 4.98 Å². The van der Waals surface area contributed by atoms with E-state index in [4.69, 9.17) is 4.42 Å². The van der Waals surface area contributed by atoms with Crippen LogP contribution in [0.2, 0.25) is 0 Å². The van der Waals surface area contributed by atoms with Gasteiger partial charge in [-0.3, -0.25) is 9.59 Å². The number of hydrogen-bond donors (Lipinski definition) is 0. The highest BCUT2D eigenvalue weighted by atomic mass is 16.3. The van der Waals surface area contributed by atoms with Crippen LogP contribution < -0.4 is 0 Å². The third kappa shape index (κ3) is 2.61. The summed E-state index contributed by atoms with van der Waals surface area (Å²) >= 11 is 0. The third-order valence-corrected chi connectivity index (χ3v) is 3.89. The number of furan rings is 1. The second-order valence-corrected chi connectivity index (χ2v) is 5.33. The number of ketones is 1.